The molecule has 0 saturated heterocycles. The summed E-state index contributed by atoms with van der Waals surface area (Å²) in [4.78, 5) is 4.32. The number of aromatic nitrogens is 1. The summed E-state index contributed by atoms with van der Waals surface area (Å²) in [6.45, 7) is 3.91. The smallest absolute Gasteiger partial charge is 0.144 e. The molecule has 2 aromatic rings. The summed E-state index contributed by atoms with van der Waals surface area (Å²) >= 11 is 1.41. The molecule has 2 aliphatic carbocycles. The molecule has 0 spiro atoms. The van der Waals surface area contributed by atoms with E-state index in [1.165, 1.54) is 22.5 Å². The van der Waals surface area contributed by atoms with Crippen LogP contribution in [0.15, 0.2) is 29.8 Å². The highest BCUT2D eigenvalue weighted by molar-refractivity contribution is 7.09. The van der Waals surface area contributed by atoms with E-state index in [0.717, 1.165) is 19.3 Å². The zero-order chi connectivity index (χ0) is 17.9. The maximum absolute atomic E-state index is 11.5. The summed E-state index contributed by atoms with van der Waals surface area (Å²) in [7, 11) is 0. The van der Waals surface area contributed by atoms with Crippen LogP contribution >= 0.6 is 11.3 Å². The van der Waals surface area contributed by atoms with E-state index in [-0.39, 0.29) is 11.3 Å². The van der Waals surface area contributed by atoms with Gasteiger partial charge in [-0.2, -0.15) is 0 Å². The van der Waals surface area contributed by atoms with Crippen molar-refractivity contribution in [3.05, 3.63) is 45.9 Å². The molecule has 0 radical (unpaired) electrons. The molecular weight excluding hydrogens is 334 g/mol. The lowest BCUT2D eigenvalue weighted by Gasteiger charge is -2.58. The van der Waals surface area contributed by atoms with Gasteiger partial charge in [-0.3, -0.25) is 0 Å². The molecule has 1 heterocycles. The van der Waals surface area contributed by atoms with Crippen molar-refractivity contribution >= 4 is 11.3 Å². The Bertz CT molecular complexity index is 788. The second kappa shape index (κ2) is 5.53. The number of thiazole rings is 1. The molecule has 0 aliphatic heterocycles. The maximum Gasteiger partial charge on any atom is 0.144 e. The first-order chi connectivity index (χ1) is 11.8. The molecule has 1 saturated carbocycles. The minimum absolute atomic E-state index is 0.172. The van der Waals surface area contributed by atoms with E-state index < -0.39 is 11.2 Å². The molecule has 25 heavy (non-hydrogen) atoms. The largest absolute Gasteiger partial charge is 0.508 e. The van der Waals surface area contributed by atoms with Crippen molar-refractivity contribution < 1.29 is 15.3 Å². The molecule has 4 rings (SSSR count). The molecule has 0 amide bonds. The molecule has 2 aliphatic rings. The maximum atomic E-state index is 11.5. The molecule has 134 valence electrons. The highest BCUT2D eigenvalue weighted by Gasteiger charge is 2.61. The van der Waals surface area contributed by atoms with Gasteiger partial charge in [0.15, 0.2) is 0 Å². The van der Waals surface area contributed by atoms with Crippen molar-refractivity contribution in [1.29, 1.82) is 0 Å². The third kappa shape index (κ3) is 2.29. The van der Waals surface area contributed by atoms with E-state index in [1.54, 1.807) is 19.2 Å². The summed E-state index contributed by atoms with van der Waals surface area (Å²) < 4.78 is 0. The fraction of sp³-hybridized carbons (Fsp3) is 0.550. The lowest BCUT2D eigenvalue weighted by molar-refractivity contribution is -0.205. The molecule has 3 N–H and O–H groups in total. The van der Waals surface area contributed by atoms with Crippen molar-refractivity contribution in [2.24, 2.45) is 5.92 Å². The van der Waals surface area contributed by atoms with E-state index in [9.17, 15) is 15.3 Å². The Morgan fingerprint density at radius 2 is 2.12 bits per heavy atom. The monoisotopic (exact) mass is 359 g/mol. The van der Waals surface area contributed by atoms with Crippen LogP contribution in [0.2, 0.25) is 0 Å². The lowest BCUT2D eigenvalue weighted by atomic mass is 9.49. The Hall–Kier alpha value is -1.43. The molecular formula is C20H25NO3S. The van der Waals surface area contributed by atoms with Crippen LogP contribution in [0.25, 0.3) is 0 Å². The number of aliphatic hydroxyl groups is 2. The number of hydrogen-bond donors (Lipinski definition) is 3. The molecule has 5 heteroatoms. The molecule has 1 fully saturated rings. The minimum Gasteiger partial charge on any atom is -0.508 e. The topological polar surface area (TPSA) is 73.6 Å². The third-order valence-corrected chi connectivity index (χ3v) is 7.60. The molecule has 4 atom stereocenters. The number of fused-ring (bicyclic) bond motifs is 3. The first-order valence-electron chi connectivity index (χ1n) is 8.99. The van der Waals surface area contributed by atoms with Crippen LogP contribution in [0, 0.1) is 5.92 Å². The van der Waals surface area contributed by atoms with E-state index in [2.05, 4.69) is 11.9 Å². The molecule has 3 unspecified atom stereocenters. The van der Waals surface area contributed by atoms with Crippen molar-refractivity contribution in [3.63, 3.8) is 0 Å². The average Bonchev–Trinajstić information content (AvgIpc) is 3.10. The average molecular weight is 359 g/mol. The van der Waals surface area contributed by atoms with Crippen LogP contribution in [0.3, 0.4) is 0 Å². The summed E-state index contributed by atoms with van der Waals surface area (Å²) in [5.74, 6) is 0.578. The highest BCUT2D eigenvalue weighted by Crippen LogP contribution is 2.60. The number of hydrogen-bond acceptors (Lipinski definition) is 5. The summed E-state index contributed by atoms with van der Waals surface area (Å²) in [5, 5.41) is 35.1. The molecule has 1 aromatic carbocycles. The zero-order valence-electron chi connectivity index (χ0n) is 14.7. The molecule has 4 nitrogen and oxygen atoms in total. The number of rotatable bonds is 2. The van der Waals surface area contributed by atoms with Gasteiger partial charge in [0.2, 0.25) is 0 Å². The van der Waals surface area contributed by atoms with Crippen molar-refractivity contribution in [2.45, 2.75) is 62.6 Å². The Labute approximate surface area is 152 Å². The second-order valence-corrected chi connectivity index (χ2v) is 8.83. The van der Waals surface area contributed by atoms with E-state index >= 15 is 0 Å². The van der Waals surface area contributed by atoms with Crippen LogP contribution in [0.5, 0.6) is 5.75 Å². The van der Waals surface area contributed by atoms with Crippen LogP contribution in [0.4, 0.5) is 0 Å². The van der Waals surface area contributed by atoms with Crippen molar-refractivity contribution in [3.8, 4) is 5.75 Å². The third-order valence-electron chi connectivity index (χ3n) is 6.68. The van der Waals surface area contributed by atoms with E-state index in [4.69, 9.17) is 0 Å². The van der Waals surface area contributed by atoms with Gasteiger partial charge in [-0.15, -0.1) is 11.3 Å². The number of aryl methyl sites for hydroxylation is 1. The lowest BCUT2D eigenvalue weighted by Crippen LogP contribution is -2.62. The zero-order valence-corrected chi connectivity index (χ0v) is 15.5. The fourth-order valence-electron chi connectivity index (χ4n) is 5.32. The Kier molecular flexibility index (Phi) is 3.76. The van der Waals surface area contributed by atoms with Gasteiger partial charge in [-0.05, 0) is 68.2 Å². The Morgan fingerprint density at radius 3 is 2.80 bits per heavy atom. The first kappa shape index (κ1) is 17.0. The van der Waals surface area contributed by atoms with Gasteiger partial charge in [0, 0.05) is 17.0 Å². The number of phenolic OH excluding ortho intramolecular Hbond substituents is 1. The van der Waals surface area contributed by atoms with Crippen LogP contribution in [0.1, 0.15) is 55.7 Å². The first-order valence-corrected chi connectivity index (χ1v) is 9.87. The fourth-order valence-corrected chi connectivity index (χ4v) is 6.19. The van der Waals surface area contributed by atoms with Crippen molar-refractivity contribution in [1.82, 2.24) is 4.98 Å². The normalized spacial score (nSPS) is 37.4. The van der Waals surface area contributed by atoms with Crippen LogP contribution in [-0.4, -0.2) is 25.9 Å². The van der Waals surface area contributed by atoms with Gasteiger partial charge in [-0.1, -0.05) is 13.0 Å². The standard InChI is InChI=1S/C20H25NO3S/c1-3-19-12-18(2,23)20(24,17-21-8-9-25-17)11-14(19)5-4-13-10-15(22)6-7-16(13)19/h6-10,14,22-24H,3-5,11-12H2,1-2H3/t14-,18?,19?,20?/m1/s1. The number of nitrogens with zero attached hydrogens (tertiary/aromatic N) is 1. The van der Waals surface area contributed by atoms with Gasteiger partial charge < -0.3 is 15.3 Å². The summed E-state index contributed by atoms with van der Waals surface area (Å²) in [5.41, 5.74) is -0.337. The minimum atomic E-state index is -1.31. The van der Waals surface area contributed by atoms with Gasteiger partial charge in [0.25, 0.3) is 0 Å². The number of benzene rings is 1. The summed E-state index contributed by atoms with van der Waals surface area (Å²) in [6, 6.07) is 5.62. The van der Waals surface area contributed by atoms with E-state index in [0.29, 0.717) is 23.6 Å². The van der Waals surface area contributed by atoms with Crippen molar-refractivity contribution in [2.75, 3.05) is 0 Å². The van der Waals surface area contributed by atoms with Gasteiger partial charge in [0.05, 0.1) is 5.60 Å². The predicted molar refractivity (Wildman–Crippen MR) is 97.8 cm³/mol. The second-order valence-electron chi connectivity index (χ2n) is 7.94. The highest BCUT2D eigenvalue weighted by atomic mass is 32.1. The predicted octanol–water partition coefficient (Wildman–Crippen LogP) is 3.49. The Morgan fingerprint density at radius 1 is 1.32 bits per heavy atom. The Balaban J connectivity index is 1.83. The van der Waals surface area contributed by atoms with Gasteiger partial charge in [0.1, 0.15) is 16.4 Å². The SMILES string of the molecule is CCC12CC(C)(O)C(O)(c3nccs3)C[C@H]1CCc1cc(O)ccc12. The molecule has 1 aromatic heterocycles. The quantitative estimate of drug-likeness (QED) is 0.767. The van der Waals surface area contributed by atoms with Gasteiger partial charge >= 0.3 is 0 Å². The van der Waals surface area contributed by atoms with E-state index in [1.807, 2.05) is 17.5 Å². The van der Waals surface area contributed by atoms with Crippen LogP contribution < -0.4 is 0 Å². The number of phenols is 1. The van der Waals surface area contributed by atoms with Crippen LogP contribution in [-0.2, 0) is 17.4 Å². The summed E-state index contributed by atoms with van der Waals surface area (Å²) in [6.07, 6.45) is 5.45. The van der Waals surface area contributed by atoms with Gasteiger partial charge in [-0.25, -0.2) is 4.98 Å². The number of aromatic hydroxyl groups is 1. The molecule has 0 bridgehead atoms.